The fourth-order valence-electron chi connectivity index (χ4n) is 4.18. The van der Waals surface area contributed by atoms with E-state index in [1.807, 2.05) is 16.8 Å². The summed E-state index contributed by atoms with van der Waals surface area (Å²) in [5.41, 5.74) is 0. The van der Waals surface area contributed by atoms with Crippen LogP contribution in [0.4, 0.5) is 0 Å². The number of ether oxygens (including phenoxy) is 1. The standard InChI is InChI=1S/C21H39N3O3/c1-17(2)7-8-21(26)22(4)12-13-24(19-9-14-27-15-10-19)20-6-5-11-23(16-20)18(3)25/h17,19-20H,5-16H2,1-4H3. The predicted molar refractivity (Wildman–Crippen MR) is 108 cm³/mol. The SMILES string of the molecule is CC(=O)N1CCCC(N(CCN(C)C(=O)CCC(C)C)C2CCOCC2)C1. The zero-order chi connectivity index (χ0) is 19.8. The largest absolute Gasteiger partial charge is 0.381 e. The van der Waals surface area contributed by atoms with Crippen LogP contribution in [0.25, 0.3) is 0 Å². The van der Waals surface area contributed by atoms with Gasteiger partial charge in [-0.2, -0.15) is 0 Å². The molecule has 6 heteroatoms. The maximum Gasteiger partial charge on any atom is 0.222 e. The maximum absolute atomic E-state index is 12.4. The van der Waals surface area contributed by atoms with Crippen LogP contribution in [0.3, 0.4) is 0 Å². The van der Waals surface area contributed by atoms with Crippen molar-refractivity contribution in [3.8, 4) is 0 Å². The molecule has 156 valence electrons. The highest BCUT2D eigenvalue weighted by molar-refractivity contribution is 5.75. The molecule has 1 atom stereocenters. The number of piperidine rings is 1. The van der Waals surface area contributed by atoms with Gasteiger partial charge in [0.25, 0.3) is 0 Å². The molecule has 27 heavy (non-hydrogen) atoms. The summed E-state index contributed by atoms with van der Waals surface area (Å²) in [6, 6.07) is 0.889. The third-order valence-corrected chi connectivity index (χ3v) is 6.03. The fraction of sp³-hybridized carbons (Fsp3) is 0.905. The van der Waals surface area contributed by atoms with Crippen molar-refractivity contribution in [2.75, 3.05) is 46.4 Å². The predicted octanol–water partition coefficient (Wildman–Crippen LogP) is 2.37. The number of hydrogen-bond donors (Lipinski definition) is 0. The van der Waals surface area contributed by atoms with Crippen LogP contribution >= 0.6 is 0 Å². The quantitative estimate of drug-likeness (QED) is 0.648. The zero-order valence-corrected chi connectivity index (χ0v) is 17.8. The lowest BCUT2D eigenvalue weighted by Gasteiger charge is -2.44. The average molecular weight is 382 g/mol. The van der Waals surface area contributed by atoms with Crippen molar-refractivity contribution in [3.63, 3.8) is 0 Å². The molecule has 0 aromatic rings. The molecule has 2 heterocycles. The van der Waals surface area contributed by atoms with Crippen molar-refractivity contribution in [2.45, 2.75) is 71.4 Å². The fourth-order valence-corrected chi connectivity index (χ4v) is 4.18. The molecule has 0 bridgehead atoms. The van der Waals surface area contributed by atoms with Crippen molar-refractivity contribution >= 4 is 11.8 Å². The molecule has 0 aromatic heterocycles. The molecule has 1 unspecified atom stereocenters. The zero-order valence-electron chi connectivity index (χ0n) is 17.8. The summed E-state index contributed by atoms with van der Waals surface area (Å²) in [5, 5.41) is 0. The van der Waals surface area contributed by atoms with Crippen LogP contribution in [0.5, 0.6) is 0 Å². The van der Waals surface area contributed by atoms with Gasteiger partial charge in [-0.05, 0) is 38.0 Å². The number of likely N-dealkylation sites (tertiary alicyclic amines) is 1. The number of rotatable bonds is 8. The Morgan fingerprint density at radius 2 is 1.81 bits per heavy atom. The van der Waals surface area contributed by atoms with E-state index in [9.17, 15) is 9.59 Å². The van der Waals surface area contributed by atoms with Crippen LogP contribution in [0.2, 0.25) is 0 Å². The minimum absolute atomic E-state index is 0.174. The summed E-state index contributed by atoms with van der Waals surface area (Å²) < 4.78 is 5.56. The average Bonchev–Trinajstić information content (AvgIpc) is 2.67. The van der Waals surface area contributed by atoms with Crippen LogP contribution in [-0.2, 0) is 14.3 Å². The van der Waals surface area contributed by atoms with Crippen molar-refractivity contribution < 1.29 is 14.3 Å². The van der Waals surface area contributed by atoms with Gasteiger partial charge in [-0.1, -0.05) is 13.8 Å². The number of carbonyl (C=O) groups excluding carboxylic acids is 2. The number of likely N-dealkylation sites (N-methyl/N-ethyl adjacent to an activating group) is 1. The summed E-state index contributed by atoms with van der Waals surface area (Å²) in [6.07, 6.45) is 5.86. The molecule has 2 aliphatic heterocycles. The van der Waals surface area contributed by atoms with E-state index in [0.29, 0.717) is 24.4 Å². The molecule has 0 aliphatic carbocycles. The van der Waals surface area contributed by atoms with Gasteiger partial charge in [0.05, 0.1) is 0 Å². The van der Waals surface area contributed by atoms with Crippen molar-refractivity contribution in [2.24, 2.45) is 5.92 Å². The lowest BCUT2D eigenvalue weighted by molar-refractivity contribution is -0.131. The van der Waals surface area contributed by atoms with Gasteiger partial charge in [-0.15, -0.1) is 0 Å². The molecule has 2 rings (SSSR count). The van der Waals surface area contributed by atoms with Gasteiger partial charge in [-0.25, -0.2) is 0 Å². The second-order valence-corrected chi connectivity index (χ2v) is 8.59. The Labute approximate surface area is 165 Å². The Morgan fingerprint density at radius 3 is 2.44 bits per heavy atom. The van der Waals surface area contributed by atoms with Crippen LogP contribution in [0.1, 0.15) is 59.3 Å². The van der Waals surface area contributed by atoms with E-state index >= 15 is 0 Å². The molecular weight excluding hydrogens is 342 g/mol. The first-order valence-corrected chi connectivity index (χ1v) is 10.7. The second kappa shape index (κ2) is 11.0. The topological polar surface area (TPSA) is 53.1 Å². The highest BCUT2D eigenvalue weighted by atomic mass is 16.5. The molecule has 0 N–H and O–H groups in total. The molecule has 2 fully saturated rings. The number of nitrogens with zero attached hydrogens (tertiary/aromatic N) is 3. The smallest absolute Gasteiger partial charge is 0.222 e. The molecule has 2 saturated heterocycles. The molecule has 2 amide bonds. The van der Waals surface area contributed by atoms with E-state index in [0.717, 1.165) is 71.5 Å². The summed E-state index contributed by atoms with van der Waals surface area (Å²) in [6.45, 7) is 10.9. The lowest BCUT2D eigenvalue weighted by Crippen LogP contribution is -2.55. The number of hydrogen-bond acceptors (Lipinski definition) is 4. The molecule has 2 aliphatic rings. The van der Waals surface area contributed by atoms with E-state index in [1.54, 1.807) is 6.92 Å². The highest BCUT2D eigenvalue weighted by Crippen LogP contribution is 2.23. The lowest BCUT2D eigenvalue weighted by atomic mass is 9.98. The third-order valence-electron chi connectivity index (χ3n) is 6.03. The van der Waals surface area contributed by atoms with Crippen LogP contribution in [0.15, 0.2) is 0 Å². The van der Waals surface area contributed by atoms with Gasteiger partial charge >= 0.3 is 0 Å². The Kier molecular flexibility index (Phi) is 9.03. The summed E-state index contributed by atoms with van der Waals surface area (Å²) in [4.78, 5) is 30.7. The Morgan fingerprint density at radius 1 is 1.11 bits per heavy atom. The number of carbonyl (C=O) groups is 2. The van der Waals surface area contributed by atoms with Crippen molar-refractivity contribution in [3.05, 3.63) is 0 Å². The van der Waals surface area contributed by atoms with E-state index in [1.165, 1.54) is 0 Å². The maximum atomic E-state index is 12.4. The van der Waals surface area contributed by atoms with Gasteiger partial charge < -0.3 is 14.5 Å². The first kappa shape index (κ1) is 22.2. The minimum atomic E-state index is 0.174. The summed E-state index contributed by atoms with van der Waals surface area (Å²) in [7, 11) is 1.92. The molecule has 0 saturated carbocycles. The Balaban J connectivity index is 1.95. The van der Waals surface area contributed by atoms with Gasteiger partial charge in [-0.3, -0.25) is 14.5 Å². The monoisotopic (exact) mass is 381 g/mol. The van der Waals surface area contributed by atoms with E-state index in [2.05, 4.69) is 18.7 Å². The van der Waals surface area contributed by atoms with Gasteiger partial charge in [0.2, 0.25) is 11.8 Å². The number of amides is 2. The molecular formula is C21H39N3O3. The first-order chi connectivity index (χ1) is 12.9. The van der Waals surface area contributed by atoms with Crippen LogP contribution in [0, 0.1) is 5.92 Å². The summed E-state index contributed by atoms with van der Waals surface area (Å²) >= 11 is 0. The molecule has 0 spiro atoms. The van der Waals surface area contributed by atoms with Crippen molar-refractivity contribution in [1.82, 2.24) is 14.7 Å². The van der Waals surface area contributed by atoms with Crippen LogP contribution in [-0.4, -0.2) is 85.0 Å². The Hall–Kier alpha value is -1.14. The molecule has 6 nitrogen and oxygen atoms in total. The minimum Gasteiger partial charge on any atom is -0.381 e. The van der Waals surface area contributed by atoms with Gasteiger partial charge in [0.15, 0.2) is 0 Å². The Bertz CT molecular complexity index is 477. The van der Waals surface area contributed by atoms with Crippen molar-refractivity contribution in [1.29, 1.82) is 0 Å². The molecule has 0 aromatic carbocycles. The summed E-state index contributed by atoms with van der Waals surface area (Å²) in [5.74, 6) is 0.970. The normalized spacial score (nSPS) is 21.7. The molecule has 0 radical (unpaired) electrons. The van der Waals surface area contributed by atoms with E-state index in [4.69, 9.17) is 4.74 Å². The second-order valence-electron chi connectivity index (χ2n) is 8.59. The van der Waals surface area contributed by atoms with Gasteiger partial charge in [0.1, 0.15) is 0 Å². The van der Waals surface area contributed by atoms with E-state index < -0.39 is 0 Å². The highest BCUT2D eigenvalue weighted by Gasteiger charge is 2.32. The van der Waals surface area contributed by atoms with Crippen LogP contribution < -0.4 is 0 Å². The first-order valence-electron chi connectivity index (χ1n) is 10.7. The van der Waals surface area contributed by atoms with Gasteiger partial charge in [0, 0.05) is 71.9 Å². The third kappa shape index (κ3) is 7.07. The van der Waals surface area contributed by atoms with E-state index in [-0.39, 0.29) is 11.8 Å².